The molecule has 2 heterocycles. The average Bonchev–Trinajstić information content (AvgIpc) is 2.87. The molecule has 2 aromatic rings. The van der Waals surface area contributed by atoms with Crippen LogP contribution in [0.1, 0.15) is 30.4 Å². The maximum absolute atomic E-state index is 12.3. The Morgan fingerprint density at radius 3 is 2.57 bits per heavy atom. The van der Waals surface area contributed by atoms with Crippen LogP contribution in [0.3, 0.4) is 0 Å². The van der Waals surface area contributed by atoms with Crippen LogP contribution in [0.15, 0.2) is 29.8 Å². The molecule has 0 aromatic carbocycles. The van der Waals surface area contributed by atoms with E-state index in [0.717, 1.165) is 0 Å². The van der Waals surface area contributed by atoms with Crippen LogP contribution in [0.25, 0.3) is 0 Å². The van der Waals surface area contributed by atoms with Gasteiger partial charge in [0.05, 0.1) is 17.6 Å². The van der Waals surface area contributed by atoms with Gasteiger partial charge in [0.25, 0.3) is 5.91 Å². The van der Waals surface area contributed by atoms with Gasteiger partial charge in [-0.05, 0) is 44.4 Å². The lowest BCUT2D eigenvalue weighted by atomic mass is 10.2. The van der Waals surface area contributed by atoms with E-state index in [1.807, 2.05) is 0 Å². The van der Waals surface area contributed by atoms with E-state index in [4.69, 9.17) is 16.3 Å². The summed E-state index contributed by atoms with van der Waals surface area (Å²) in [5, 5.41) is 7.32. The van der Waals surface area contributed by atoms with E-state index < -0.39 is 11.7 Å². The molecule has 0 unspecified atom stereocenters. The lowest BCUT2D eigenvalue weighted by Crippen LogP contribution is -2.27. The van der Waals surface area contributed by atoms with E-state index in [0.29, 0.717) is 21.4 Å². The van der Waals surface area contributed by atoms with Crippen molar-refractivity contribution in [3.05, 3.63) is 39.8 Å². The van der Waals surface area contributed by atoms with Crippen molar-refractivity contribution in [2.45, 2.75) is 26.4 Å². The number of aromatic nitrogens is 1. The molecule has 0 atom stereocenters. The summed E-state index contributed by atoms with van der Waals surface area (Å²) >= 11 is 6.91. The van der Waals surface area contributed by atoms with Gasteiger partial charge in [-0.3, -0.25) is 10.1 Å². The molecule has 2 N–H and O–H groups in total. The molecular formula is C15H16ClN3O3S. The lowest BCUT2D eigenvalue weighted by Gasteiger charge is -2.19. The fourth-order valence-electron chi connectivity index (χ4n) is 1.63. The first-order chi connectivity index (χ1) is 10.7. The Balaban J connectivity index is 2.06. The molecule has 2 aromatic heterocycles. The SMILES string of the molecule is CC(C)(C)OC(=O)Nc1ccsc1C(=O)Nc1ccc(Cl)nc1. The van der Waals surface area contributed by atoms with Crippen molar-refractivity contribution < 1.29 is 14.3 Å². The standard InChI is InChI=1S/C15H16ClN3O3S/c1-15(2,3)22-14(21)19-10-6-7-23-12(10)13(20)18-9-4-5-11(16)17-8-9/h4-8H,1-3H3,(H,18,20)(H,19,21). The summed E-state index contributed by atoms with van der Waals surface area (Å²) < 4.78 is 5.18. The number of anilines is 2. The molecule has 2 rings (SSSR count). The van der Waals surface area contributed by atoms with Gasteiger partial charge in [0.2, 0.25) is 0 Å². The predicted octanol–water partition coefficient (Wildman–Crippen LogP) is 4.40. The Bertz CT molecular complexity index is 708. The molecule has 0 aliphatic carbocycles. The Morgan fingerprint density at radius 1 is 1.22 bits per heavy atom. The van der Waals surface area contributed by atoms with Crippen LogP contribution in [-0.4, -0.2) is 22.6 Å². The number of halogens is 1. The fourth-order valence-corrected chi connectivity index (χ4v) is 2.49. The average molecular weight is 354 g/mol. The fraction of sp³-hybridized carbons (Fsp3) is 0.267. The molecule has 0 fully saturated rings. The first-order valence-electron chi connectivity index (χ1n) is 6.75. The third kappa shape index (κ3) is 5.22. The summed E-state index contributed by atoms with van der Waals surface area (Å²) in [5.41, 5.74) is 0.289. The van der Waals surface area contributed by atoms with Crippen molar-refractivity contribution in [1.29, 1.82) is 0 Å². The molecule has 0 aliphatic heterocycles. The first-order valence-corrected chi connectivity index (χ1v) is 8.01. The minimum absolute atomic E-state index is 0.339. The Labute approximate surface area is 142 Å². The highest BCUT2D eigenvalue weighted by atomic mass is 35.5. The topological polar surface area (TPSA) is 80.3 Å². The number of hydrogen-bond acceptors (Lipinski definition) is 5. The third-order valence-corrected chi connectivity index (χ3v) is 3.63. The molecule has 0 saturated carbocycles. The molecule has 0 spiro atoms. The predicted molar refractivity (Wildman–Crippen MR) is 91.4 cm³/mol. The third-order valence-electron chi connectivity index (χ3n) is 2.49. The highest BCUT2D eigenvalue weighted by molar-refractivity contribution is 7.12. The van der Waals surface area contributed by atoms with Crippen LogP contribution in [0, 0.1) is 0 Å². The zero-order chi connectivity index (χ0) is 17.0. The van der Waals surface area contributed by atoms with Gasteiger partial charge in [0.1, 0.15) is 15.6 Å². The first kappa shape index (κ1) is 17.2. The monoisotopic (exact) mass is 353 g/mol. The van der Waals surface area contributed by atoms with E-state index in [1.54, 1.807) is 44.4 Å². The van der Waals surface area contributed by atoms with E-state index >= 15 is 0 Å². The van der Waals surface area contributed by atoms with Crippen LogP contribution < -0.4 is 10.6 Å². The molecule has 23 heavy (non-hydrogen) atoms. The Hall–Kier alpha value is -2.12. The van der Waals surface area contributed by atoms with E-state index in [-0.39, 0.29) is 5.91 Å². The summed E-state index contributed by atoms with van der Waals surface area (Å²) in [6, 6.07) is 4.86. The van der Waals surface area contributed by atoms with Crippen LogP contribution in [0.4, 0.5) is 16.2 Å². The van der Waals surface area contributed by atoms with Gasteiger partial charge in [-0.25, -0.2) is 9.78 Å². The number of thiophene rings is 1. The van der Waals surface area contributed by atoms with Gasteiger partial charge < -0.3 is 10.1 Å². The van der Waals surface area contributed by atoms with Gasteiger partial charge in [-0.1, -0.05) is 11.6 Å². The Kier molecular flexibility index (Phi) is 5.23. The van der Waals surface area contributed by atoms with Crippen molar-refractivity contribution in [3.8, 4) is 0 Å². The maximum Gasteiger partial charge on any atom is 0.412 e. The lowest BCUT2D eigenvalue weighted by molar-refractivity contribution is 0.0636. The molecule has 6 nitrogen and oxygen atoms in total. The van der Waals surface area contributed by atoms with Crippen LogP contribution in [0.5, 0.6) is 0 Å². The van der Waals surface area contributed by atoms with Crippen LogP contribution >= 0.6 is 22.9 Å². The quantitative estimate of drug-likeness (QED) is 0.801. The van der Waals surface area contributed by atoms with Crippen molar-refractivity contribution in [3.63, 3.8) is 0 Å². The van der Waals surface area contributed by atoms with Crippen LogP contribution in [0.2, 0.25) is 5.15 Å². The highest BCUT2D eigenvalue weighted by Crippen LogP contribution is 2.24. The summed E-state index contributed by atoms with van der Waals surface area (Å²) in [5.74, 6) is -0.352. The number of pyridine rings is 1. The van der Waals surface area contributed by atoms with Crippen LogP contribution in [-0.2, 0) is 4.74 Å². The van der Waals surface area contributed by atoms with Crippen molar-refractivity contribution in [1.82, 2.24) is 4.98 Å². The maximum atomic E-state index is 12.3. The number of amides is 2. The largest absolute Gasteiger partial charge is 0.444 e. The molecule has 0 bridgehead atoms. The summed E-state index contributed by atoms with van der Waals surface area (Å²) in [4.78, 5) is 28.4. The molecule has 0 aliphatic rings. The smallest absolute Gasteiger partial charge is 0.412 e. The second kappa shape index (κ2) is 6.97. The molecule has 122 valence electrons. The van der Waals surface area contributed by atoms with Gasteiger partial charge in [0.15, 0.2) is 0 Å². The summed E-state index contributed by atoms with van der Waals surface area (Å²) in [6.07, 6.45) is 0.840. The molecule has 0 radical (unpaired) electrons. The van der Waals surface area contributed by atoms with Crippen molar-refractivity contribution >= 4 is 46.3 Å². The van der Waals surface area contributed by atoms with E-state index in [1.165, 1.54) is 17.5 Å². The number of carbonyl (C=O) groups excluding carboxylic acids is 2. The minimum Gasteiger partial charge on any atom is -0.444 e. The van der Waals surface area contributed by atoms with Gasteiger partial charge in [-0.2, -0.15) is 0 Å². The normalized spacial score (nSPS) is 11.0. The number of hydrogen-bond donors (Lipinski definition) is 2. The minimum atomic E-state index is -0.614. The zero-order valence-electron chi connectivity index (χ0n) is 12.8. The number of rotatable bonds is 3. The molecule has 8 heteroatoms. The molecule has 0 saturated heterocycles. The van der Waals surface area contributed by atoms with Crippen molar-refractivity contribution in [2.75, 3.05) is 10.6 Å². The van der Waals surface area contributed by atoms with Crippen molar-refractivity contribution in [2.24, 2.45) is 0 Å². The molecule has 2 amide bonds. The highest BCUT2D eigenvalue weighted by Gasteiger charge is 2.20. The number of nitrogens with zero attached hydrogens (tertiary/aromatic N) is 1. The number of nitrogens with one attached hydrogen (secondary N) is 2. The van der Waals surface area contributed by atoms with Gasteiger partial charge in [0, 0.05) is 0 Å². The van der Waals surface area contributed by atoms with Gasteiger partial charge >= 0.3 is 6.09 Å². The van der Waals surface area contributed by atoms with Gasteiger partial charge in [-0.15, -0.1) is 11.3 Å². The second-order valence-corrected chi connectivity index (χ2v) is 6.92. The summed E-state index contributed by atoms with van der Waals surface area (Å²) in [6.45, 7) is 5.30. The summed E-state index contributed by atoms with van der Waals surface area (Å²) in [7, 11) is 0. The number of ether oxygens (including phenoxy) is 1. The second-order valence-electron chi connectivity index (χ2n) is 5.61. The zero-order valence-corrected chi connectivity index (χ0v) is 14.4. The molecular weight excluding hydrogens is 338 g/mol. The Morgan fingerprint density at radius 2 is 1.96 bits per heavy atom. The van der Waals surface area contributed by atoms with E-state index in [9.17, 15) is 9.59 Å². The number of carbonyl (C=O) groups is 2. The van der Waals surface area contributed by atoms with E-state index in [2.05, 4.69) is 15.6 Å².